The molecular weight excluding hydrogens is 394 g/mol. The van der Waals surface area contributed by atoms with Crippen molar-refractivity contribution in [2.24, 2.45) is 0 Å². The van der Waals surface area contributed by atoms with E-state index in [9.17, 15) is 14.5 Å². The van der Waals surface area contributed by atoms with Crippen molar-refractivity contribution in [1.29, 1.82) is 0 Å². The fraction of sp³-hybridized carbons (Fsp3) is 0.320. The summed E-state index contributed by atoms with van der Waals surface area (Å²) in [5.41, 5.74) is 1.47. The third-order valence-electron chi connectivity index (χ3n) is 4.59. The van der Waals surface area contributed by atoms with E-state index in [0.717, 1.165) is 16.9 Å². The van der Waals surface area contributed by atoms with Crippen LogP contribution in [0.3, 0.4) is 0 Å². The average molecular weight is 426 g/mol. The third-order valence-corrected chi connectivity index (χ3v) is 5.89. The zero-order chi connectivity index (χ0) is 21.6. The number of carbonyl (C=O) groups excluding carboxylic acids is 1. The second kappa shape index (κ2) is 13.7. The molecule has 0 fully saturated rings. The number of phenols is 1. The van der Waals surface area contributed by atoms with Gasteiger partial charge < -0.3 is 15.0 Å². The molecule has 0 aromatic heterocycles. The highest BCUT2D eigenvalue weighted by molar-refractivity contribution is 7.91. The van der Waals surface area contributed by atoms with Crippen LogP contribution in [0.15, 0.2) is 71.7 Å². The number of aromatic hydroxyl groups is 1. The fourth-order valence-electron chi connectivity index (χ4n) is 2.87. The molecule has 2 rings (SSSR count). The van der Waals surface area contributed by atoms with Gasteiger partial charge in [0.15, 0.2) is 4.90 Å². The largest absolute Gasteiger partial charge is 0.611 e. The van der Waals surface area contributed by atoms with Gasteiger partial charge in [0, 0.05) is 11.8 Å². The molecule has 2 N–H and O–H groups in total. The summed E-state index contributed by atoms with van der Waals surface area (Å²) in [6, 6.07) is 13.7. The Kier molecular flexibility index (Phi) is 10.8. The first-order chi connectivity index (χ1) is 14.6. The van der Waals surface area contributed by atoms with Crippen LogP contribution in [0.25, 0.3) is 6.08 Å². The number of carbonyl (C=O) groups is 1. The Hall–Kier alpha value is -2.50. The lowest BCUT2D eigenvalue weighted by molar-refractivity contribution is -0.111. The van der Waals surface area contributed by atoms with E-state index in [1.54, 1.807) is 54.6 Å². The van der Waals surface area contributed by atoms with Gasteiger partial charge in [0.2, 0.25) is 5.91 Å². The normalized spacial score (nSPS) is 12.5. The summed E-state index contributed by atoms with van der Waals surface area (Å²) in [6.07, 6.45) is 14.6. The Bertz CT molecular complexity index is 813. The molecule has 2 aromatic rings. The number of benzene rings is 2. The smallest absolute Gasteiger partial charge is 0.248 e. The first kappa shape index (κ1) is 23.8. The second-order valence-corrected chi connectivity index (χ2v) is 8.62. The molecule has 0 bridgehead atoms. The van der Waals surface area contributed by atoms with E-state index < -0.39 is 11.2 Å². The van der Waals surface area contributed by atoms with E-state index in [1.807, 2.05) is 6.08 Å². The van der Waals surface area contributed by atoms with E-state index in [4.69, 9.17) is 0 Å². The Balaban J connectivity index is 1.74. The van der Waals surface area contributed by atoms with E-state index in [-0.39, 0.29) is 11.7 Å². The van der Waals surface area contributed by atoms with Gasteiger partial charge in [-0.3, -0.25) is 4.79 Å². The lowest BCUT2D eigenvalue weighted by atomic mass is 10.1. The standard InChI is InChI=1S/C25H31NO3S/c1-2-3-4-5-6-7-8-9-20-30(29)24-17-13-22(14-18-24)26-25(28)19-12-21-10-15-23(27)16-11-21/h8-19,27H,2-7,20H2,1H3,(H,26,28)/b9-8?,19-12+. The van der Waals surface area contributed by atoms with Crippen molar-refractivity contribution in [3.05, 3.63) is 72.3 Å². The first-order valence-corrected chi connectivity index (χ1v) is 11.8. The van der Waals surface area contributed by atoms with Gasteiger partial charge in [0.05, 0.1) is 0 Å². The molecule has 0 heterocycles. The molecule has 0 aliphatic heterocycles. The number of allylic oxidation sites excluding steroid dienone is 1. The summed E-state index contributed by atoms with van der Waals surface area (Å²) < 4.78 is 12.4. The molecule has 0 aliphatic carbocycles. The van der Waals surface area contributed by atoms with Crippen molar-refractivity contribution in [3.63, 3.8) is 0 Å². The minimum Gasteiger partial charge on any atom is -0.611 e. The van der Waals surface area contributed by atoms with Crippen LogP contribution in [0, 0.1) is 0 Å². The summed E-state index contributed by atoms with van der Waals surface area (Å²) >= 11 is -1.08. The van der Waals surface area contributed by atoms with Gasteiger partial charge in [-0.25, -0.2) is 0 Å². The van der Waals surface area contributed by atoms with Gasteiger partial charge in [0.25, 0.3) is 0 Å². The Morgan fingerprint density at radius 3 is 2.40 bits per heavy atom. The topological polar surface area (TPSA) is 72.4 Å². The minimum atomic E-state index is -1.08. The molecule has 30 heavy (non-hydrogen) atoms. The Morgan fingerprint density at radius 1 is 1.00 bits per heavy atom. The number of hydrogen-bond donors (Lipinski definition) is 2. The van der Waals surface area contributed by atoms with Gasteiger partial charge >= 0.3 is 0 Å². The number of amides is 1. The molecule has 1 amide bonds. The molecule has 0 radical (unpaired) electrons. The van der Waals surface area contributed by atoms with Crippen molar-refractivity contribution in [2.45, 2.75) is 50.3 Å². The van der Waals surface area contributed by atoms with Crippen LogP contribution < -0.4 is 5.32 Å². The van der Waals surface area contributed by atoms with Crippen LogP contribution in [0.1, 0.15) is 51.0 Å². The van der Waals surface area contributed by atoms with Crippen molar-refractivity contribution in [3.8, 4) is 5.75 Å². The van der Waals surface area contributed by atoms with Crippen LogP contribution >= 0.6 is 0 Å². The maximum atomic E-state index is 12.4. The van der Waals surface area contributed by atoms with Crippen molar-refractivity contribution >= 4 is 28.8 Å². The molecule has 160 valence electrons. The number of anilines is 1. The monoisotopic (exact) mass is 425 g/mol. The van der Waals surface area contributed by atoms with Crippen LogP contribution in [0.2, 0.25) is 0 Å². The van der Waals surface area contributed by atoms with E-state index in [1.165, 1.54) is 38.2 Å². The van der Waals surface area contributed by atoms with Gasteiger partial charge in [-0.05, 0) is 78.1 Å². The summed E-state index contributed by atoms with van der Waals surface area (Å²) in [5.74, 6) is 0.446. The van der Waals surface area contributed by atoms with Gasteiger partial charge in [-0.1, -0.05) is 50.8 Å². The molecule has 1 unspecified atom stereocenters. The quantitative estimate of drug-likeness (QED) is 0.188. The number of nitrogens with one attached hydrogen (secondary N) is 1. The van der Waals surface area contributed by atoms with Crippen LogP contribution in [0.4, 0.5) is 5.69 Å². The highest BCUT2D eigenvalue weighted by atomic mass is 32.2. The zero-order valence-electron chi connectivity index (χ0n) is 17.5. The minimum absolute atomic E-state index is 0.187. The Labute approximate surface area is 182 Å². The predicted octanol–water partition coefficient (Wildman–Crippen LogP) is 6.07. The number of rotatable bonds is 12. The van der Waals surface area contributed by atoms with E-state index in [2.05, 4.69) is 18.3 Å². The molecule has 0 spiro atoms. The SMILES string of the molecule is CCCCCCCC=CC[S+]([O-])c1ccc(NC(=O)/C=C/c2ccc(O)cc2)cc1. The summed E-state index contributed by atoms with van der Waals surface area (Å²) in [4.78, 5) is 12.8. The lowest BCUT2D eigenvalue weighted by Crippen LogP contribution is -2.09. The highest BCUT2D eigenvalue weighted by Gasteiger charge is 2.08. The predicted molar refractivity (Wildman–Crippen MR) is 126 cm³/mol. The van der Waals surface area contributed by atoms with Crippen molar-refractivity contribution in [1.82, 2.24) is 0 Å². The maximum Gasteiger partial charge on any atom is 0.248 e. The van der Waals surface area contributed by atoms with Crippen LogP contribution in [0.5, 0.6) is 5.75 Å². The Morgan fingerprint density at radius 2 is 1.70 bits per heavy atom. The van der Waals surface area contributed by atoms with Gasteiger partial charge in [-0.2, -0.15) is 0 Å². The second-order valence-electron chi connectivity index (χ2n) is 7.12. The number of unbranched alkanes of at least 4 members (excludes halogenated alkanes) is 5. The third kappa shape index (κ3) is 9.33. The molecule has 0 aliphatic rings. The molecule has 1 atom stereocenters. The van der Waals surface area contributed by atoms with E-state index in [0.29, 0.717) is 11.4 Å². The van der Waals surface area contributed by atoms with Crippen molar-refractivity contribution in [2.75, 3.05) is 11.1 Å². The van der Waals surface area contributed by atoms with Crippen molar-refractivity contribution < 1.29 is 14.5 Å². The zero-order valence-corrected chi connectivity index (χ0v) is 18.4. The molecule has 0 saturated heterocycles. The summed E-state index contributed by atoms with van der Waals surface area (Å²) in [5, 5.41) is 12.1. The van der Waals surface area contributed by atoms with E-state index >= 15 is 0 Å². The summed E-state index contributed by atoms with van der Waals surface area (Å²) in [7, 11) is 0. The van der Waals surface area contributed by atoms with Gasteiger partial charge in [0.1, 0.15) is 11.5 Å². The fourth-order valence-corrected chi connectivity index (χ4v) is 3.81. The highest BCUT2D eigenvalue weighted by Crippen LogP contribution is 2.16. The molecule has 5 heteroatoms. The lowest BCUT2D eigenvalue weighted by Gasteiger charge is -2.09. The number of phenolic OH excluding ortho intramolecular Hbond substituents is 1. The van der Waals surface area contributed by atoms with Gasteiger partial charge in [-0.15, -0.1) is 0 Å². The van der Waals surface area contributed by atoms with Crippen LogP contribution in [-0.2, 0) is 16.0 Å². The average Bonchev–Trinajstić information content (AvgIpc) is 2.75. The number of hydrogen-bond acceptors (Lipinski definition) is 3. The maximum absolute atomic E-state index is 12.4. The molecule has 4 nitrogen and oxygen atoms in total. The summed E-state index contributed by atoms with van der Waals surface area (Å²) in [6.45, 7) is 2.21. The first-order valence-electron chi connectivity index (χ1n) is 10.5. The van der Waals surface area contributed by atoms with Crippen LogP contribution in [-0.4, -0.2) is 21.3 Å². The molecule has 0 saturated carbocycles. The molecule has 2 aromatic carbocycles. The molecular formula is C25H31NO3S.